The molecular formula is C14H29N3O2S. The molecular weight excluding hydrogens is 274 g/mol. The molecule has 1 aliphatic carbocycles. The molecule has 1 atom stereocenters. The first-order valence-corrected chi connectivity index (χ1v) is 9.33. The summed E-state index contributed by atoms with van der Waals surface area (Å²) < 4.78 is 28.9. The molecule has 118 valence electrons. The molecule has 1 unspecified atom stereocenters. The number of hydrogen-bond acceptors (Lipinski definition) is 3. The molecule has 1 N–H and O–H groups in total. The second-order valence-electron chi connectivity index (χ2n) is 6.24. The van der Waals surface area contributed by atoms with E-state index < -0.39 is 10.2 Å². The fourth-order valence-electron chi connectivity index (χ4n) is 3.51. The van der Waals surface area contributed by atoms with Crippen LogP contribution in [0.1, 0.15) is 44.9 Å². The number of nitrogens with zero attached hydrogens (tertiary/aromatic N) is 2. The first-order valence-electron chi connectivity index (χ1n) is 7.93. The van der Waals surface area contributed by atoms with Gasteiger partial charge in [-0.1, -0.05) is 19.3 Å². The van der Waals surface area contributed by atoms with Crippen molar-refractivity contribution in [2.24, 2.45) is 5.92 Å². The van der Waals surface area contributed by atoms with E-state index in [9.17, 15) is 8.42 Å². The second kappa shape index (κ2) is 7.20. The lowest BCUT2D eigenvalue weighted by Crippen LogP contribution is -2.51. The lowest BCUT2D eigenvalue weighted by atomic mass is 9.96. The molecule has 0 aromatic heterocycles. The highest BCUT2D eigenvalue weighted by molar-refractivity contribution is 7.86. The highest BCUT2D eigenvalue weighted by Crippen LogP contribution is 2.27. The summed E-state index contributed by atoms with van der Waals surface area (Å²) in [4.78, 5) is 0. The summed E-state index contributed by atoms with van der Waals surface area (Å²) in [6, 6.07) is 0.207. The maximum Gasteiger partial charge on any atom is 0.281 e. The van der Waals surface area contributed by atoms with Crippen LogP contribution < -0.4 is 5.32 Å². The summed E-state index contributed by atoms with van der Waals surface area (Å²) in [5.41, 5.74) is 0. The van der Waals surface area contributed by atoms with Gasteiger partial charge in [0.1, 0.15) is 0 Å². The van der Waals surface area contributed by atoms with Crippen LogP contribution in [0.25, 0.3) is 0 Å². The van der Waals surface area contributed by atoms with Gasteiger partial charge in [0.2, 0.25) is 0 Å². The summed E-state index contributed by atoms with van der Waals surface area (Å²) in [5.74, 6) is 0.447. The third kappa shape index (κ3) is 3.72. The van der Waals surface area contributed by atoms with Gasteiger partial charge >= 0.3 is 0 Å². The predicted molar refractivity (Wildman–Crippen MR) is 81.8 cm³/mol. The topological polar surface area (TPSA) is 52.7 Å². The fraction of sp³-hybridized carbons (Fsp3) is 1.00. The molecule has 0 radical (unpaired) electrons. The van der Waals surface area contributed by atoms with Gasteiger partial charge in [-0.15, -0.1) is 0 Å². The van der Waals surface area contributed by atoms with E-state index in [0.717, 1.165) is 45.1 Å². The zero-order valence-corrected chi connectivity index (χ0v) is 13.7. The van der Waals surface area contributed by atoms with Gasteiger partial charge in [-0.25, -0.2) is 0 Å². The smallest absolute Gasteiger partial charge is 0.281 e. The molecule has 6 heteroatoms. The SMILES string of the molecule is CNCC1CCCN(S(=O)(=O)N(C)C2CCCCC2)C1. The first kappa shape index (κ1) is 16.2. The van der Waals surface area contributed by atoms with Crippen molar-refractivity contribution < 1.29 is 8.42 Å². The van der Waals surface area contributed by atoms with Crippen LogP contribution >= 0.6 is 0 Å². The molecule has 1 aliphatic heterocycles. The predicted octanol–water partition coefficient (Wildman–Crippen LogP) is 1.43. The van der Waals surface area contributed by atoms with Crippen molar-refractivity contribution in [3.05, 3.63) is 0 Å². The van der Waals surface area contributed by atoms with Gasteiger partial charge < -0.3 is 5.32 Å². The summed E-state index contributed by atoms with van der Waals surface area (Å²) in [7, 11) is 0.429. The fourth-order valence-corrected chi connectivity index (χ4v) is 5.22. The van der Waals surface area contributed by atoms with E-state index in [-0.39, 0.29) is 6.04 Å². The van der Waals surface area contributed by atoms with E-state index in [4.69, 9.17) is 0 Å². The lowest BCUT2D eigenvalue weighted by Gasteiger charge is -2.38. The van der Waals surface area contributed by atoms with Gasteiger partial charge in [0, 0.05) is 26.2 Å². The van der Waals surface area contributed by atoms with Gasteiger partial charge in [-0.2, -0.15) is 17.0 Å². The Balaban J connectivity index is 2.00. The second-order valence-corrected chi connectivity index (χ2v) is 8.23. The Morgan fingerprint density at radius 1 is 1.15 bits per heavy atom. The number of piperidine rings is 1. The third-order valence-corrected chi connectivity index (χ3v) is 6.76. The molecule has 2 rings (SSSR count). The van der Waals surface area contributed by atoms with E-state index in [2.05, 4.69) is 5.32 Å². The molecule has 0 spiro atoms. The Morgan fingerprint density at radius 2 is 1.85 bits per heavy atom. The monoisotopic (exact) mass is 303 g/mol. The van der Waals surface area contributed by atoms with Gasteiger partial charge in [-0.3, -0.25) is 0 Å². The minimum atomic E-state index is -3.27. The maximum absolute atomic E-state index is 12.8. The molecule has 0 amide bonds. The van der Waals surface area contributed by atoms with E-state index in [1.807, 2.05) is 7.05 Å². The number of hydrogen-bond donors (Lipinski definition) is 1. The summed E-state index contributed by atoms with van der Waals surface area (Å²) in [6.45, 7) is 2.25. The van der Waals surface area contributed by atoms with Gasteiger partial charge in [-0.05, 0) is 45.2 Å². The highest BCUT2D eigenvalue weighted by Gasteiger charge is 2.35. The maximum atomic E-state index is 12.8. The van der Waals surface area contributed by atoms with Crippen molar-refractivity contribution in [3.63, 3.8) is 0 Å². The van der Waals surface area contributed by atoms with E-state index in [1.165, 1.54) is 6.42 Å². The molecule has 2 aliphatic rings. The van der Waals surface area contributed by atoms with Gasteiger partial charge in [0.05, 0.1) is 0 Å². The van der Waals surface area contributed by atoms with Crippen molar-refractivity contribution in [2.75, 3.05) is 33.7 Å². The Labute approximate surface area is 123 Å². The molecule has 0 bridgehead atoms. The highest BCUT2D eigenvalue weighted by atomic mass is 32.2. The molecule has 5 nitrogen and oxygen atoms in total. The van der Waals surface area contributed by atoms with E-state index in [0.29, 0.717) is 19.0 Å². The van der Waals surface area contributed by atoms with Crippen LogP contribution in [0.2, 0.25) is 0 Å². The normalized spacial score (nSPS) is 27.1. The van der Waals surface area contributed by atoms with Crippen LogP contribution in [-0.4, -0.2) is 56.8 Å². The van der Waals surface area contributed by atoms with Gasteiger partial charge in [0.15, 0.2) is 0 Å². The summed E-state index contributed by atoms with van der Waals surface area (Å²) >= 11 is 0. The Bertz CT molecular complexity index is 391. The van der Waals surface area contributed by atoms with Crippen LogP contribution in [0.5, 0.6) is 0 Å². The Kier molecular flexibility index (Phi) is 5.84. The number of nitrogens with one attached hydrogen (secondary N) is 1. The lowest BCUT2D eigenvalue weighted by molar-refractivity contribution is 0.224. The quantitative estimate of drug-likeness (QED) is 0.836. The zero-order valence-electron chi connectivity index (χ0n) is 12.8. The van der Waals surface area contributed by atoms with E-state index >= 15 is 0 Å². The minimum absolute atomic E-state index is 0.207. The van der Waals surface area contributed by atoms with Crippen LogP contribution in [0.15, 0.2) is 0 Å². The standard InChI is InChI=1S/C14H29N3O2S/c1-15-11-13-7-6-10-17(12-13)20(18,19)16(2)14-8-4-3-5-9-14/h13-15H,3-12H2,1-2H3. The summed E-state index contributed by atoms with van der Waals surface area (Å²) in [5, 5.41) is 3.17. The van der Waals surface area contributed by atoms with Crippen LogP contribution in [0, 0.1) is 5.92 Å². The van der Waals surface area contributed by atoms with Crippen LogP contribution in [0.4, 0.5) is 0 Å². The Hall–Kier alpha value is -0.170. The van der Waals surface area contributed by atoms with Crippen molar-refractivity contribution in [1.82, 2.24) is 13.9 Å². The van der Waals surface area contributed by atoms with Gasteiger partial charge in [0.25, 0.3) is 10.2 Å². The van der Waals surface area contributed by atoms with E-state index in [1.54, 1.807) is 15.7 Å². The average molecular weight is 303 g/mol. The molecule has 1 heterocycles. The average Bonchev–Trinajstić information content (AvgIpc) is 2.48. The number of rotatable bonds is 5. The molecule has 0 aromatic carbocycles. The van der Waals surface area contributed by atoms with Crippen LogP contribution in [-0.2, 0) is 10.2 Å². The third-order valence-electron chi connectivity index (χ3n) is 4.75. The van der Waals surface area contributed by atoms with Crippen molar-refractivity contribution in [3.8, 4) is 0 Å². The van der Waals surface area contributed by atoms with Crippen molar-refractivity contribution in [2.45, 2.75) is 51.0 Å². The molecule has 2 fully saturated rings. The first-order chi connectivity index (χ1) is 9.55. The zero-order chi connectivity index (χ0) is 14.6. The molecule has 0 aromatic rings. The Morgan fingerprint density at radius 3 is 2.50 bits per heavy atom. The van der Waals surface area contributed by atoms with Crippen molar-refractivity contribution >= 4 is 10.2 Å². The molecule has 20 heavy (non-hydrogen) atoms. The summed E-state index contributed by atoms with van der Waals surface area (Å²) in [6.07, 6.45) is 7.70. The van der Waals surface area contributed by atoms with Crippen LogP contribution in [0.3, 0.4) is 0 Å². The molecule has 1 saturated carbocycles. The largest absolute Gasteiger partial charge is 0.319 e. The molecule has 1 saturated heterocycles. The van der Waals surface area contributed by atoms with Crippen molar-refractivity contribution in [1.29, 1.82) is 0 Å². The minimum Gasteiger partial charge on any atom is -0.319 e.